The maximum atomic E-state index is 12.1. The van der Waals surface area contributed by atoms with Crippen molar-refractivity contribution in [3.8, 4) is 0 Å². The second kappa shape index (κ2) is 8.08. The van der Waals surface area contributed by atoms with Gasteiger partial charge in [0.05, 0.1) is 5.56 Å². The molecule has 0 radical (unpaired) electrons. The smallest absolute Gasteiger partial charge is 0.252 e. The van der Waals surface area contributed by atoms with Crippen LogP contribution in [0.25, 0.3) is 0 Å². The molecule has 0 bridgehead atoms. The summed E-state index contributed by atoms with van der Waals surface area (Å²) >= 11 is 0. The molecule has 3 rings (SSSR count). The Hall–Kier alpha value is -2.17. The van der Waals surface area contributed by atoms with Crippen LogP contribution in [0.4, 0.5) is 0 Å². The molecule has 1 saturated carbocycles. The summed E-state index contributed by atoms with van der Waals surface area (Å²) in [6, 6.07) is 4.12. The molecule has 0 aromatic carbocycles. The Morgan fingerprint density at radius 1 is 1.25 bits per heavy atom. The summed E-state index contributed by atoms with van der Waals surface area (Å²) in [6.07, 6.45) is 13.8. The number of imidazole rings is 1. The first-order valence-corrected chi connectivity index (χ1v) is 8.96. The molecule has 0 atom stereocenters. The van der Waals surface area contributed by atoms with Crippen LogP contribution in [0, 0.1) is 6.92 Å². The van der Waals surface area contributed by atoms with E-state index < -0.39 is 0 Å². The van der Waals surface area contributed by atoms with Crippen molar-refractivity contribution in [2.75, 3.05) is 6.54 Å². The molecule has 0 spiro atoms. The predicted octanol–water partition coefficient (Wildman–Crippen LogP) is 3.45. The summed E-state index contributed by atoms with van der Waals surface area (Å²) in [5.74, 6) is 1.01. The first-order valence-electron chi connectivity index (χ1n) is 8.96. The molecule has 1 aliphatic rings. The fourth-order valence-corrected chi connectivity index (χ4v) is 3.58. The number of hydrogen-bond donors (Lipinski definition) is 1. The highest BCUT2D eigenvalue weighted by atomic mass is 16.1. The largest absolute Gasteiger partial charge is 0.352 e. The molecular weight excluding hydrogens is 300 g/mol. The van der Waals surface area contributed by atoms with Crippen molar-refractivity contribution in [2.24, 2.45) is 0 Å². The quantitative estimate of drug-likeness (QED) is 0.856. The second-order valence-electron chi connectivity index (χ2n) is 6.58. The molecule has 0 saturated heterocycles. The van der Waals surface area contributed by atoms with E-state index in [1.54, 1.807) is 24.5 Å². The van der Waals surface area contributed by atoms with Gasteiger partial charge in [-0.05, 0) is 31.9 Å². The maximum absolute atomic E-state index is 12.1. The Morgan fingerprint density at radius 3 is 2.75 bits per heavy atom. The minimum absolute atomic E-state index is 0.0765. The van der Waals surface area contributed by atoms with Crippen molar-refractivity contribution in [3.05, 3.63) is 47.8 Å². The zero-order chi connectivity index (χ0) is 16.8. The van der Waals surface area contributed by atoms with E-state index in [1.807, 2.05) is 6.20 Å². The van der Waals surface area contributed by atoms with Gasteiger partial charge in [0, 0.05) is 43.3 Å². The Bertz CT molecular complexity index is 657. The van der Waals surface area contributed by atoms with Crippen molar-refractivity contribution in [1.29, 1.82) is 0 Å². The van der Waals surface area contributed by atoms with Gasteiger partial charge in [0.15, 0.2) is 0 Å². The number of hydrogen-bond acceptors (Lipinski definition) is 3. The van der Waals surface area contributed by atoms with Gasteiger partial charge < -0.3 is 9.88 Å². The van der Waals surface area contributed by atoms with E-state index in [0.717, 1.165) is 12.2 Å². The number of aryl methyl sites for hydroxylation is 1. The lowest BCUT2D eigenvalue weighted by Gasteiger charge is -2.21. The van der Waals surface area contributed by atoms with Crippen LogP contribution >= 0.6 is 0 Å². The summed E-state index contributed by atoms with van der Waals surface area (Å²) in [5, 5.41) is 2.97. The molecule has 5 heteroatoms. The predicted molar refractivity (Wildman–Crippen MR) is 94.0 cm³/mol. The number of rotatable bonds is 5. The van der Waals surface area contributed by atoms with Crippen LogP contribution in [0.15, 0.2) is 30.7 Å². The van der Waals surface area contributed by atoms with E-state index in [0.29, 0.717) is 18.2 Å². The number of nitrogens with zero attached hydrogens (tertiary/aromatic N) is 3. The average molecular weight is 326 g/mol. The minimum atomic E-state index is -0.0765. The van der Waals surface area contributed by atoms with Gasteiger partial charge in [0.1, 0.15) is 5.82 Å². The van der Waals surface area contributed by atoms with Crippen molar-refractivity contribution >= 4 is 5.91 Å². The van der Waals surface area contributed by atoms with Crippen LogP contribution in [0.3, 0.4) is 0 Å². The van der Waals surface area contributed by atoms with E-state index in [2.05, 4.69) is 26.8 Å². The molecule has 0 unspecified atom stereocenters. The van der Waals surface area contributed by atoms with Gasteiger partial charge in [0.2, 0.25) is 0 Å². The minimum Gasteiger partial charge on any atom is -0.352 e. The Labute approximate surface area is 143 Å². The van der Waals surface area contributed by atoms with E-state index in [1.165, 1.54) is 44.2 Å². The number of nitrogens with one attached hydrogen (secondary N) is 1. The van der Waals surface area contributed by atoms with Gasteiger partial charge in [-0.2, -0.15) is 0 Å². The zero-order valence-corrected chi connectivity index (χ0v) is 14.4. The molecule has 2 aromatic heterocycles. The molecule has 1 amide bonds. The third-order valence-corrected chi connectivity index (χ3v) is 4.81. The molecule has 1 fully saturated rings. The molecule has 2 heterocycles. The Kier molecular flexibility index (Phi) is 5.62. The zero-order valence-electron chi connectivity index (χ0n) is 14.4. The molecule has 128 valence electrons. The van der Waals surface area contributed by atoms with Gasteiger partial charge in [-0.3, -0.25) is 9.78 Å². The summed E-state index contributed by atoms with van der Waals surface area (Å²) in [5.41, 5.74) is 1.83. The van der Waals surface area contributed by atoms with Crippen molar-refractivity contribution in [3.63, 3.8) is 0 Å². The highest BCUT2D eigenvalue weighted by Gasteiger charge is 2.19. The first-order chi connectivity index (χ1) is 11.8. The summed E-state index contributed by atoms with van der Waals surface area (Å²) in [7, 11) is 0. The number of carbonyl (C=O) groups is 1. The van der Waals surface area contributed by atoms with E-state index in [4.69, 9.17) is 0 Å². The van der Waals surface area contributed by atoms with Crippen LogP contribution in [-0.4, -0.2) is 27.0 Å². The lowest BCUT2D eigenvalue weighted by molar-refractivity contribution is 0.0953. The van der Waals surface area contributed by atoms with Crippen molar-refractivity contribution < 1.29 is 4.79 Å². The second-order valence-corrected chi connectivity index (χ2v) is 6.58. The molecule has 5 nitrogen and oxygen atoms in total. The molecule has 1 aliphatic carbocycles. The Morgan fingerprint density at radius 2 is 2.04 bits per heavy atom. The molecule has 1 N–H and O–H groups in total. The summed E-state index contributed by atoms with van der Waals surface area (Å²) < 4.78 is 2.40. The fraction of sp³-hybridized carbons (Fsp3) is 0.526. The van der Waals surface area contributed by atoms with Gasteiger partial charge in [-0.1, -0.05) is 25.7 Å². The highest BCUT2D eigenvalue weighted by Crippen LogP contribution is 2.29. The maximum Gasteiger partial charge on any atom is 0.252 e. The van der Waals surface area contributed by atoms with Crippen LogP contribution in [-0.2, 0) is 6.42 Å². The Balaban J connectivity index is 1.60. The fourth-order valence-electron chi connectivity index (χ4n) is 3.58. The molecule has 0 aliphatic heterocycles. The highest BCUT2D eigenvalue weighted by molar-refractivity contribution is 5.93. The lowest BCUT2D eigenvalue weighted by atomic mass is 10.1. The number of pyridine rings is 1. The van der Waals surface area contributed by atoms with Crippen LogP contribution < -0.4 is 5.32 Å². The average Bonchev–Trinajstić information content (AvgIpc) is 2.81. The number of amides is 1. The SMILES string of the molecule is Cc1cnc(CCNC(=O)c2cccnc2)n1C1CCCCCC1. The van der Waals surface area contributed by atoms with E-state index >= 15 is 0 Å². The summed E-state index contributed by atoms with van der Waals surface area (Å²) in [6.45, 7) is 2.73. The van der Waals surface area contributed by atoms with Gasteiger partial charge in [0.25, 0.3) is 5.91 Å². The van der Waals surface area contributed by atoms with Gasteiger partial charge >= 0.3 is 0 Å². The molecule has 2 aromatic rings. The van der Waals surface area contributed by atoms with Gasteiger partial charge in [-0.25, -0.2) is 4.98 Å². The molecular formula is C19H26N4O. The lowest BCUT2D eigenvalue weighted by Crippen LogP contribution is -2.27. The standard InChI is InChI=1S/C19H26N4O/c1-15-13-22-18(23(15)17-8-4-2-3-5-9-17)10-12-21-19(24)16-7-6-11-20-14-16/h6-7,11,13-14,17H,2-5,8-10,12H2,1H3,(H,21,24). The van der Waals surface area contributed by atoms with Crippen LogP contribution in [0.2, 0.25) is 0 Å². The monoisotopic (exact) mass is 326 g/mol. The third-order valence-electron chi connectivity index (χ3n) is 4.81. The van der Waals surface area contributed by atoms with Crippen molar-refractivity contribution in [2.45, 2.75) is 57.9 Å². The van der Waals surface area contributed by atoms with Crippen LogP contribution in [0.1, 0.15) is 66.4 Å². The number of aromatic nitrogens is 3. The first kappa shape index (κ1) is 16.7. The van der Waals surface area contributed by atoms with Gasteiger partial charge in [-0.15, -0.1) is 0 Å². The topological polar surface area (TPSA) is 59.8 Å². The normalized spacial score (nSPS) is 15.9. The van der Waals surface area contributed by atoms with E-state index in [-0.39, 0.29) is 5.91 Å². The van der Waals surface area contributed by atoms with Crippen LogP contribution in [0.5, 0.6) is 0 Å². The third kappa shape index (κ3) is 4.02. The summed E-state index contributed by atoms with van der Waals surface area (Å²) in [4.78, 5) is 20.7. The number of carbonyl (C=O) groups excluding carboxylic acids is 1. The molecule has 24 heavy (non-hydrogen) atoms. The van der Waals surface area contributed by atoms with E-state index in [9.17, 15) is 4.79 Å². The van der Waals surface area contributed by atoms with Crippen molar-refractivity contribution in [1.82, 2.24) is 19.9 Å².